The summed E-state index contributed by atoms with van der Waals surface area (Å²) in [5.41, 5.74) is 2.66. The van der Waals surface area contributed by atoms with Gasteiger partial charge in [-0.15, -0.1) is 11.3 Å². The third-order valence-electron chi connectivity index (χ3n) is 6.67. The molecule has 2 fully saturated rings. The van der Waals surface area contributed by atoms with E-state index in [1.807, 2.05) is 47.7 Å². The monoisotopic (exact) mass is 481 g/mol. The van der Waals surface area contributed by atoms with Gasteiger partial charge >= 0.3 is 0 Å². The lowest BCUT2D eigenvalue weighted by atomic mass is 9.77. The van der Waals surface area contributed by atoms with Crippen molar-refractivity contribution in [3.8, 4) is 11.3 Å². The number of nitrogens with zero attached hydrogens (tertiary/aromatic N) is 4. The van der Waals surface area contributed by atoms with E-state index in [1.165, 1.54) is 11.3 Å². The van der Waals surface area contributed by atoms with Crippen molar-refractivity contribution in [3.05, 3.63) is 58.7 Å². The van der Waals surface area contributed by atoms with E-state index >= 15 is 0 Å². The van der Waals surface area contributed by atoms with Crippen LogP contribution < -0.4 is 10.2 Å². The lowest BCUT2D eigenvalue weighted by molar-refractivity contribution is -0.135. The summed E-state index contributed by atoms with van der Waals surface area (Å²) in [6.45, 7) is 2.48. The Balaban J connectivity index is 1.21. The summed E-state index contributed by atoms with van der Waals surface area (Å²) in [6, 6.07) is 11.1. The Hall–Kier alpha value is -2.97. The van der Waals surface area contributed by atoms with Gasteiger partial charge in [0.2, 0.25) is 5.91 Å². The minimum Gasteiger partial charge on any atom is -0.370 e. The first-order chi connectivity index (χ1) is 15.9. The van der Waals surface area contributed by atoms with Crippen LogP contribution in [0.3, 0.4) is 0 Å². The second kappa shape index (κ2) is 8.76. The largest absolute Gasteiger partial charge is 0.370 e. The number of nitrogens with one attached hydrogen (secondary N) is 1. The second-order valence-corrected chi connectivity index (χ2v) is 9.88. The summed E-state index contributed by atoms with van der Waals surface area (Å²) in [4.78, 5) is 38.1. The molecule has 2 amide bonds. The lowest BCUT2D eigenvalue weighted by Gasteiger charge is -2.38. The highest BCUT2D eigenvalue weighted by Gasteiger charge is 2.46. The summed E-state index contributed by atoms with van der Waals surface area (Å²) >= 11 is 7.58. The SMILES string of the molecule is CN1CCC2(CCN(c3ccc(C(=O)Nc4nc(-c5ccccc5Cl)cs4)nc3)CC2)C1=O. The summed E-state index contributed by atoms with van der Waals surface area (Å²) in [6.07, 6.45) is 4.39. The number of carbonyl (C=O) groups is 2. The first kappa shape index (κ1) is 21.9. The maximum absolute atomic E-state index is 12.7. The predicted octanol–water partition coefficient (Wildman–Crippen LogP) is 4.56. The number of amides is 2. The molecule has 2 aliphatic rings. The normalized spacial score (nSPS) is 17.6. The molecule has 9 heteroatoms. The van der Waals surface area contributed by atoms with Gasteiger partial charge in [0.05, 0.1) is 23.0 Å². The number of piperidine rings is 1. The molecule has 0 unspecified atom stereocenters. The van der Waals surface area contributed by atoms with Crippen molar-refractivity contribution in [2.45, 2.75) is 19.3 Å². The van der Waals surface area contributed by atoms with Gasteiger partial charge in [-0.1, -0.05) is 29.8 Å². The van der Waals surface area contributed by atoms with Crippen LogP contribution in [0.15, 0.2) is 48.0 Å². The molecule has 0 aliphatic carbocycles. The molecule has 1 N–H and O–H groups in total. The van der Waals surface area contributed by atoms with Gasteiger partial charge in [0, 0.05) is 42.6 Å². The van der Waals surface area contributed by atoms with Gasteiger partial charge in [-0.25, -0.2) is 9.97 Å². The van der Waals surface area contributed by atoms with E-state index < -0.39 is 0 Å². The van der Waals surface area contributed by atoms with Crippen LogP contribution in [0, 0.1) is 5.41 Å². The van der Waals surface area contributed by atoms with E-state index in [0.717, 1.165) is 55.8 Å². The van der Waals surface area contributed by atoms with E-state index in [0.29, 0.717) is 15.8 Å². The Morgan fingerprint density at radius 3 is 2.55 bits per heavy atom. The smallest absolute Gasteiger partial charge is 0.276 e. The minimum absolute atomic E-state index is 0.185. The van der Waals surface area contributed by atoms with Crippen LogP contribution in [0.2, 0.25) is 5.02 Å². The number of likely N-dealkylation sites (tertiary alicyclic amines) is 1. The van der Waals surface area contributed by atoms with Gasteiger partial charge in [-0.2, -0.15) is 0 Å². The predicted molar refractivity (Wildman–Crippen MR) is 131 cm³/mol. The number of pyridine rings is 1. The van der Waals surface area contributed by atoms with Crippen molar-refractivity contribution >= 4 is 45.6 Å². The van der Waals surface area contributed by atoms with Gasteiger partial charge < -0.3 is 9.80 Å². The highest BCUT2D eigenvalue weighted by molar-refractivity contribution is 7.14. The van der Waals surface area contributed by atoms with Crippen molar-refractivity contribution in [3.63, 3.8) is 0 Å². The second-order valence-electron chi connectivity index (χ2n) is 8.62. The number of benzene rings is 1. The molecule has 33 heavy (non-hydrogen) atoms. The molecule has 0 radical (unpaired) electrons. The fourth-order valence-electron chi connectivity index (χ4n) is 4.64. The highest BCUT2D eigenvalue weighted by atomic mass is 35.5. The number of halogens is 1. The average Bonchev–Trinajstić information content (AvgIpc) is 3.40. The molecule has 1 aromatic carbocycles. The molecule has 1 spiro atoms. The van der Waals surface area contributed by atoms with E-state index in [4.69, 9.17) is 11.6 Å². The first-order valence-electron chi connectivity index (χ1n) is 10.9. The molecule has 0 bridgehead atoms. The standard InChI is InChI=1S/C24H24ClN5O2S/c1-29-11-8-24(22(29)32)9-12-30(13-10-24)16-6-7-19(26-14-16)21(31)28-23-27-20(15-33-23)17-4-2-3-5-18(17)25/h2-7,14-15H,8-13H2,1H3,(H,27,28,31). The van der Waals surface area contributed by atoms with Crippen LogP contribution in [0.4, 0.5) is 10.8 Å². The Morgan fingerprint density at radius 1 is 1.12 bits per heavy atom. The zero-order chi connectivity index (χ0) is 23.0. The molecule has 7 nitrogen and oxygen atoms in total. The van der Waals surface area contributed by atoms with Gasteiger partial charge in [0.25, 0.3) is 5.91 Å². The molecule has 2 saturated heterocycles. The Morgan fingerprint density at radius 2 is 1.88 bits per heavy atom. The summed E-state index contributed by atoms with van der Waals surface area (Å²) in [7, 11) is 1.89. The van der Waals surface area contributed by atoms with Crippen LogP contribution in [0.1, 0.15) is 29.8 Å². The van der Waals surface area contributed by atoms with E-state index in [2.05, 4.69) is 20.2 Å². The van der Waals surface area contributed by atoms with Gasteiger partial charge in [0.15, 0.2) is 5.13 Å². The zero-order valence-electron chi connectivity index (χ0n) is 18.3. The van der Waals surface area contributed by atoms with Gasteiger partial charge in [-0.3, -0.25) is 14.9 Å². The van der Waals surface area contributed by atoms with Crippen molar-refractivity contribution in [1.29, 1.82) is 0 Å². The maximum atomic E-state index is 12.7. The van der Waals surface area contributed by atoms with Crippen LogP contribution in [0.5, 0.6) is 0 Å². The molecule has 0 atom stereocenters. The molecular formula is C24H24ClN5O2S. The first-order valence-corrected chi connectivity index (χ1v) is 12.2. The Labute approximate surface area is 201 Å². The summed E-state index contributed by atoms with van der Waals surface area (Å²) in [5.74, 6) is -0.0223. The number of carbonyl (C=O) groups excluding carboxylic acids is 2. The molecule has 2 aromatic heterocycles. The van der Waals surface area contributed by atoms with Gasteiger partial charge in [0.1, 0.15) is 5.69 Å². The average molecular weight is 482 g/mol. The van der Waals surface area contributed by atoms with E-state index in [1.54, 1.807) is 12.3 Å². The molecule has 5 rings (SSSR count). The molecular weight excluding hydrogens is 458 g/mol. The maximum Gasteiger partial charge on any atom is 0.276 e. The molecule has 2 aliphatic heterocycles. The third kappa shape index (κ3) is 4.20. The lowest BCUT2D eigenvalue weighted by Crippen LogP contribution is -2.44. The van der Waals surface area contributed by atoms with Crippen molar-refractivity contribution < 1.29 is 9.59 Å². The molecule has 170 valence electrons. The fourth-order valence-corrected chi connectivity index (χ4v) is 5.58. The van der Waals surface area contributed by atoms with Crippen molar-refractivity contribution in [1.82, 2.24) is 14.9 Å². The fraction of sp³-hybridized carbons (Fsp3) is 0.333. The number of hydrogen-bond donors (Lipinski definition) is 1. The number of hydrogen-bond acceptors (Lipinski definition) is 6. The Kier molecular flexibility index (Phi) is 5.80. The molecule has 3 aromatic rings. The number of thiazole rings is 1. The number of aromatic nitrogens is 2. The number of rotatable bonds is 4. The van der Waals surface area contributed by atoms with E-state index in [-0.39, 0.29) is 17.2 Å². The van der Waals surface area contributed by atoms with Gasteiger partial charge in [-0.05, 0) is 37.5 Å². The van der Waals surface area contributed by atoms with Crippen LogP contribution in [0.25, 0.3) is 11.3 Å². The third-order valence-corrected chi connectivity index (χ3v) is 7.75. The topological polar surface area (TPSA) is 78.4 Å². The number of anilines is 2. The molecule has 0 saturated carbocycles. The summed E-state index contributed by atoms with van der Waals surface area (Å²) in [5, 5.41) is 5.79. The quantitative estimate of drug-likeness (QED) is 0.591. The minimum atomic E-state index is -0.307. The van der Waals surface area contributed by atoms with Crippen LogP contribution in [-0.4, -0.2) is 53.4 Å². The highest BCUT2D eigenvalue weighted by Crippen LogP contribution is 2.41. The Bertz CT molecular complexity index is 1190. The van der Waals surface area contributed by atoms with Crippen molar-refractivity contribution in [2.75, 3.05) is 36.9 Å². The van der Waals surface area contributed by atoms with Crippen molar-refractivity contribution in [2.24, 2.45) is 5.41 Å². The van der Waals surface area contributed by atoms with Crippen LogP contribution in [-0.2, 0) is 4.79 Å². The molecule has 4 heterocycles. The van der Waals surface area contributed by atoms with Crippen LogP contribution >= 0.6 is 22.9 Å². The van der Waals surface area contributed by atoms with E-state index in [9.17, 15) is 9.59 Å². The summed E-state index contributed by atoms with van der Waals surface area (Å²) < 4.78 is 0. The zero-order valence-corrected chi connectivity index (χ0v) is 19.8.